The van der Waals surface area contributed by atoms with E-state index < -0.39 is 0 Å². The molecule has 1 aromatic heterocycles. The van der Waals surface area contributed by atoms with Gasteiger partial charge in [0.1, 0.15) is 6.33 Å². The van der Waals surface area contributed by atoms with Crippen molar-refractivity contribution >= 4 is 0 Å². The molecule has 1 aliphatic carbocycles. The summed E-state index contributed by atoms with van der Waals surface area (Å²) in [4.78, 5) is 8.70. The van der Waals surface area contributed by atoms with Crippen molar-refractivity contribution < 1.29 is 0 Å². The lowest BCUT2D eigenvalue weighted by molar-refractivity contribution is 0.590. The van der Waals surface area contributed by atoms with Crippen molar-refractivity contribution in [2.24, 2.45) is 5.73 Å². The Morgan fingerprint density at radius 1 is 1.40 bits per heavy atom. The Morgan fingerprint density at radius 2 is 2.27 bits per heavy atom. The second kappa shape index (κ2) is 4.71. The molecule has 3 nitrogen and oxygen atoms in total. The summed E-state index contributed by atoms with van der Waals surface area (Å²) >= 11 is 0. The van der Waals surface area contributed by atoms with Crippen LogP contribution in [-0.2, 0) is 19.3 Å². The highest BCUT2D eigenvalue weighted by Gasteiger charge is 2.17. The van der Waals surface area contributed by atoms with Crippen LogP contribution in [0, 0.1) is 0 Å². The molecule has 1 unspecified atom stereocenters. The van der Waals surface area contributed by atoms with Crippen LogP contribution in [0.2, 0.25) is 0 Å². The third kappa shape index (κ3) is 2.34. The zero-order valence-electron chi connectivity index (χ0n) is 9.37. The third-order valence-corrected chi connectivity index (χ3v) is 3.08. The number of nitrogens with zero attached hydrogens (tertiary/aromatic N) is 2. The Balaban J connectivity index is 2.11. The average Bonchev–Trinajstić information content (AvgIpc) is 2.67. The number of aryl methyl sites for hydroxylation is 1. The van der Waals surface area contributed by atoms with Crippen LogP contribution >= 0.6 is 0 Å². The Labute approximate surface area is 91.1 Å². The maximum atomic E-state index is 6.05. The molecular formula is C12H19N3. The molecule has 2 rings (SSSR count). The normalized spacial score (nSPS) is 16.4. The fourth-order valence-corrected chi connectivity index (χ4v) is 2.32. The molecule has 1 aromatic rings. The molecule has 0 aliphatic heterocycles. The molecule has 0 saturated heterocycles. The van der Waals surface area contributed by atoms with E-state index in [0.29, 0.717) is 0 Å². The lowest BCUT2D eigenvalue weighted by Gasteiger charge is -2.12. The van der Waals surface area contributed by atoms with Gasteiger partial charge in [0.15, 0.2) is 0 Å². The van der Waals surface area contributed by atoms with Crippen LogP contribution in [0.5, 0.6) is 0 Å². The van der Waals surface area contributed by atoms with Crippen LogP contribution in [0.15, 0.2) is 6.33 Å². The first-order valence-electron chi connectivity index (χ1n) is 5.88. The zero-order chi connectivity index (χ0) is 10.7. The summed E-state index contributed by atoms with van der Waals surface area (Å²) in [7, 11) is 0. The number of hydrogen-bond acceptors (Lipinski definition) is 3. The van der Waals surface area contributed by atoms with Crippen molar-refractivity contribution in [1.29, 1.82) is 0 Å². The Hall–Kier alpha value is -0.960. The van der Waals surface area contributed by atoms with Crippen LogP contribution in [0.3, 0.4) is 0 Å². The number of aromatic nitrogens is 2. The maximum Gasteiger partial charge on any atom is 0.115 e. The van der Waals surface area contributed by atoms with E-state index in [2.05, 4.69) is 16.9 Å². The van der Waals surface area contributed by atoms with Gasteiger partial charge in [0.05, 0.1) is 0 Å². The van der Waals surface area contributed by atoms with E-state index in [1.54, 1.807) is 6.33 Å². The van der Waals surface area contributed by atoms with Crippen LogP contribution < -0.4 is 5.73 Å². The fourth-order valence-electron chi connectivity index (χ4n) is 2.32. The predicted octanol–water partition coefficient (Wildman–Crippen LogP) is 1.64. The largest absolute Gasteiger partial charge is 0.327 e. The zero-order valence-corrected chi connectivity index (χ0v) is 9.37. The standard InChI is InChI=1S/C12H19N3/c1-2-4-9(13)7-12-10-5-3-6-11(10)14-8-15-12/h8-9H,2-7,13H2,1H3. The number of hydrogen-bond donors (Lipinski definition) is 1. The minimum atomic E-state index is 0.259. The second-order valence-electron chi connectivity index (χ2n) is 4.35. The minimum absolute atomic E-state index is 0.259. The van der Waals surface area contributed by atoms with Gasteiger partial charge >= 0.3 is 0 Å². The third-order valence-electron chi connectivity index (χ3n) is 3.08. The van der Waals surface area contributed by atoms with Gasteiger partial charge in [-0.3, -0.25) is 0 Å². The molecule has 1 aliphatic rings. The van der Waals surface area contributed by atoms with Crippen LogP contribution in [0.4, 0.5) is 0 Å². The van der Waals surface area contributed by atoms with Crippen LogP contribution in [0.25, 0.3) is 0 Å². The summed E-state index contributed by atoms with van der Waals surface area (Å²) in [6.07, 6.45) is 8.33. The first-order valence-corrected chi connectivity index (χ1v) is 5.88. The summed E-state index contributed by atoms with van der Waals surface area (Å²) in [6, 6.07) is 0.259. The van der Waals surface area contributed by atoms with Crippen molar-refractivity contribution in [2.75, 3.05) is 0 Å². The van der Waals surface area contributed by atoms with Gasteiger partial charge in [-0.2, -0.15) is 0 Å². The fraction of sp³-hybridized carbons (Fsp3) is 0.667. The molecule has 3 heteroatoms. The van der Waals surface area contributed by atoms with Gasteiger partial charge in [0.25, 0.3) is 0 Å². The van der Waals surface area contributed by atoms with Gasteiger partial charge in [-0.1, -0.05) is 13.3 Å². The van der Waals surface area contributed by atoms with Gasteiger partial charge in [-0.05, 0) is 31.2 Å². The van der Waals surface area contributed by atoms with E-state index in [9.17, 15) is 0 Å². The highest BCUT2D eigenvalue weighted by molar-refractivity contribution is 5.29. The molecule has 0 spiro atoms. The van der Waals surface area contributed by atoms with E-state index in [1.165, 1.54) is 23.4 Å². The smallest absolute Gasteiger partial charge is 0.115 e. The minimum Gasteiger partial charge on any atom is -0.327 e. The molecule has 0 fully saturated rings. The molecule has 15 heavy (non-hydrogen) atoms. The second-order valence-corrected chi connectivity index (χ2v) is 4.35. The van der Waals surface area contributed by atoms with Crippen molar-refractivity contribution in [1.82, 2.24) is 9.97 Å². The summed E-state index contributed by atoms with van der Waals surface area (Å²) in [5, 5.41) is 0. The SMILES string of the molecule is CCCC(N)Cc1ncnc2c1CCC2. The molecule has 0 saturated carbocycles. The van der Waals surface area contributed by atoms with Gasteiger partial charge in [-0.25, -0.2) is 9.97 Å². The molecule has 82 valence electrons. The average molecular weight is 205 g/mol. The van der Waals surface area contributed by atoms with E-state index in [-0.39, 0.29) is 6.04 Å². The predicted molar refractivity (Wildman–Crippen MR) is 60.6 cm³/mol. The highest BCUT2D eigenvalue weighted by Crippen LogP contribution is 2.22. The summed E-state index contributed by atoms with van der Waals surface area (Å²) < 4.78 is 0. The Kier molecular flexibility index (Phi) is 3.31. The van der Waals surface area contributed by atoms with Gasteiger partial charge < -0.3 is 5.73 Å². The van der Waals surface area contributed by atoms with Gasteiger partial charge in [-0.15, -0.1) is 0 Å². The Bertz CT molecular complexity index is 336. The number of fused-ring (bicyclic) bond motifs is 1. The quantitative estimate of drug-likeness (QED) is 0.813. The van der Waals surface area contributed by atoms with Crippen molar-refractivity contribution in [3.05, 3.63) is 23.3 Å². The molecule has 2 N–H and O–H groups in total. The van der Waals surface area contributed by atoms with Gasteiger partial charge in [0, 0.05) is 23.9 Å². The molecule has 0 aromatic carbocycles. The van der Waals surface area contributed by atoms with Gasteiger partial charge in [0.2, 0.25) is 0 Å². The molecular weight excluding hydrogens is 186 g/mol. The number of rotatable bonds is 4. The van der Waals surface area contributed by atoms with E-state index in [1.807, 2.05) is 0 Å². The topological polar surface area (TPSA) is 51.8 Å². The summed E-state index contributed by atoms with van der Waals surface area (Å²) in [5.41, 5.74) is 9.88. The van der Waals surface area contributed by atoms with Crippen LogP contribution in [0.1, 0.15) is 43.1 Å². The summed E-state index contributed by atoms with van der Waals surface area (Å²) in [5.74, 6) is 0. The maximum absolute atomic E-state index is 6.05. The van der Waals surface area contributed by atoms with Crippen LogP contribution in [-0.4, -0.2) is 16.0 Å². The lowest BCUT2D eigenvalue weighted by atomic mass is 10.0. The van der Waals surface area contributed by atoms with Crippen molar-refractivity contribution in [3.8, 4) is 0 Å². The lowest BCUT2D eigenvalue weighted by Crippen LogP contribution is -2.23. The molecule has 1 atom stereocenters. The number of nitrogens with two attached hydrogens (primary N) is 1. The molecule has 1 heterocycles. The summed E-state index contributed by atoms with van der Waals surface area (Å²) in [6.45, 7) is 2.17. The first-order chi connectivity index (χ1) is 7.31. The van der Waals surface area contributed by atoms with Crippen molar-refractivity contribution in [3.63, 3.8) is 0 Å². The highest BCUT2D eigenvalue weighted by atomic mass is 14.9. The van der Waals surface area contributed by atoms with Crippen molar-refractivity contribution in [2.45, 2.75) is 51.5 Å². The van der Waals surface area contributed by atoms with E-state index in [4.69, 9.17) is 5.73 Å². The molecule has 0 radical (unpaired) electrons. The van der Waals surface area contributed by atoms with E-state index >= 15 is 0 Å². The molecule has 0 amide bonds. The monoisotopic (exact) mass is 205 g/mol. The molecule has 0 bridgehead atoms. The van der Waals surface area contributed by atoms with E-state index in [0.717, 1.165) is 32.1 Å². The Morgan fingerprint density at radius 3 is 3.07 bits per heavy atom. The first kappa shape index (κ1) is 10.6.